The van der Waals surface area contributed by atoms with Crippen LogP contribution in [0.25, 0.3) is 11.3 Å². The summed E-state index contributed by atoms with van der Waals surface area (Å²) in [5, 5.41) is 13.9. The molecule has 0 saturated carbocycles. The van der Waals surface area contributed by atoms with Crippen LogP contribution in [0.15, 0.2) is 41.1 Å². The van der Waals surface area contributed by atoms with Gasteiger partial charge in [-0.25, -0.2) is 4.90 Å². The van der Waals surface area contributed by atoms with E-state index >= 15 is 0 Å². The molecule has 1 N–H and O–H groups in total. The molecule has 1 aliphatic heterocycles. The van der Waals surface area contributed by atoms with E-state index in [1.807, 2.05) is 5.38 Å². The SMILES string of the molecule is CC(=O)N1C(=O)/C(=C(/O)c2ccsc2)c2ccccc21. The zero-order chi connectivity index (χ0) is 14.3. The van der Waals surface area contributed by atoms with E-state index in [0.717, 1.165) is 4.90 Å². The molecule has 1 aliphatic rings. The fraction of sp³-hybridized carbons (Fsp3) is 0.0667. The molecule has 0 fully saturated rings. The van der Waals surface area contributed by atoms with E-state index in [1.54, 1.807) is 35.7 Å². The van der Waals surface area contributed by atoms with Crippen molar-refractivity contribution in [2.24, 2.45) is 0 Å². The molecule has 2 amide bonds. The summed E-state index contributed by atoms with van der Waals surface area (Å²) in [5.74, 6) is -0.939. The maximum atomic E-state index is 12.4. The second-order valence-electron chi connectivity index (χ2n) is 4.41. The smallest absolute Gasteiger partial charge is 0.269 e. The zero-order valence-corrected chi connectivity index (χ0v) is 11.5. The number of aliphatic hydroxyl groups is 1. The number of anilines is 1. The molecule has 2 aromatic rings. The van der Waals surface area contributed by atoms with Gasteiger partial charge in [-0.3, -0.25) is 9.59 Å². The fourth-order valence-electron chi connectivity index (χ4n) is 2.30. The van der Waals surface area contributed by atoms with E-state index in [9.17, 15) is 14.7 Å². The topological polar surface area (TPSA) is 57.6 Å². The molecule has 1 aromatic heterocycles. The number of rotatable bonds is 1. The van der Waals surface area contributed by atoms with Gasteiger partial charge in [0.05, 0.1) is 11.3 Å². The number of nitrogens with zero attached hydrogens (tertiary/aromatic N) is 1. The minimum Gasteiger partial charge on any atom is -0.506 e. The molecule has 0 saturated heterocycles. The Bertz CT molecular complexity index is 731. The maximum Gasteiger partial charge on any atom is 0.269 e. The molecule has 20 heavy (non-hydrogen) atoms. The van der Waals surface area contributed by atoms with Gasteiger partial charge in [0, 0.05) is 23.4 Å². The van der Waals surface area contributed by atoms with E-state index in [0.29, 0.717) is 16.8 Å². The lowest BCUT2D eigenvalue weighted by Gasteiger charge is -2.11. The summed E-state index contributed by atoms with van der Waals surface area (Å²) in [7, 11) is 0. The summed E-state index contributed by atoms with van der Waals surface area (Å²) in [6.07, 6.45) is 0. The molecule has 3 rings (SSSR count). The Hall–Kier alpha value is -2.40. The van der Waals surface area contributed by atoms with Gasteiger partial charge < -0.3 is 5.11 Å². The molecule has 2 heterocycles. The monoisotopic (exact) mass is 285 g/mol. The van der Waals surface area contributed by atoms with Crippen molar-refractivity contribution in [3.05, 3.63) is 52.2 Å². The van der Waals surface area contributed by atoms with Crippen LogP contribution in [-0.4, -0.2) is 16.9 Å². The third-order valence-corrected chi connectivity index (χ3v) is 3.86. The number of thiophene rings is 1. The molecule has 0 bridgehead atoms. The Morgan fingerprint density at radius 1 is 1.25 bits per heavy atom. The summed E-state index contributed by atoms with van der Waals surface area (Å²) in [5.41, 5.74) is 1.85. The van der Waals surface area contributed by atoms with E-state index in [4.69, 9.17) is 0 Å². The molecule has 0 unspecified atom stereocenters. The summed E-state index contributed by atoms with van der Waals surface area (Å²) >= 11 is 1.43. The van der Waals surface area contributed by atoms with Crippen LogP contribution in [0.4, 0.5) is 5.69 Å². The van der Waals surface area contributed by atoms with Crippen LogP contribution in [0.2, 0.25) is 0 Å². The summed E-state index contributed by atoms with van der Waals surface area (Å²) in [6, 6.07) is 8.69. The number of hydrogen-bond acceptors (Lipinski definition) is 4. The minimum atomic E-state index is -0.484. The Kier molecular flexibility index (Phi) is 2.91. The Labute approximate surface area is 119 Å². The van der Waals surface area contributed by atoms with E-state index in [-0.39, 0.29) is 17.2 Å². The molecule has 4 nitrogen and oxygen atoms in total. The van der Waals surface area contributed by atoms with Crippen molar-refractivity contribution in [1.82, 2.24) is 0 Å². The standard InChI is InChI=1S/C15H11NO3S/c1-9(17)16-12-5-3-2-4-11(12)13(15(16)19)14(18)10-6-7-20-8-10/h2-8,18H,1H3/b14-13+. The lowest BCUT2D eigenvalue weighted by Crippen LogP contribution is -2.31. The summed E-state index contributed by atoms with van der Waals surface area (Å²) < 4.78 is 0. The number of carbonyl (C=O) groups is 2. The molecule has 0 spiro atoms. The zero-order valence-electron chi connectivity index (χ0n) is 10.7. The molecule has 0 aliphatic carbocycles. The Balaban J connectivity index is 2.26. The van der Waals surface area contributed by atoms with Crippen molar-refractivity contribution in [2.75, 3.05) is 4.90 Å². The van der Waals surface area contributed by atoms with Crippen molar-refractivity contribution < 1.29 is 14.7 Å². The van der Waals surface area contributed by atoms with Gasteiger partial charge in [0.2, 0.25) is 5.91 Å². The fourth-order valence-corrected chi connectivity index (χ4v) is 2.94. The van der Waals surface area contributed by atoms with E-state index in [1.165, 1.54) is 18.3 Å². The van der Waals surface area contributed by atoms with Crippen LogP contribution in [0.1, 0.15) is 18.1 Å². The number of carbonyl (C=O) groups excluding carboxylic acids is 2. The van der Waals surface area contributed by atoms with Crippen LogP contribution in [-0.2, 0) is 9.59 Å². The first-order valence-electron chi connectivity index (χ1n) is 6.01. The molecular weight excluding hydrogens is 274 g/mol. The van der Waals surface area contributed by atoms with Crippen molar-refractivity contribution in [3.63, 3.8) is 0 Å². The highest BCUT2D eigenvalue weighted by Crippen LogP contribution is 2.40. The predicted molar refractivity (Wildman–Crippen MR) is 78.4 cm³/mol. The summed E-state index contributed by atoms with van der Waals surface area (Å²) in [4.78, 5) is 25.2. The van der Waals surface area contributed by atoms with Crippen molar-refractivity contribution >= 4 is 40.2 Å². The van der Waals surface area contributed by atoms with Crippen LogP contribution >= 0.6 is 11.3 Å². The lowest BCUT2D eigenvalue weighted by molar-refractivity contribution is -0.122. The maximum absolute atomic E-state index is 12.4. The number of hydrogen-bond donors (Lipinski definition) is 1. The highest BCUT2D eigenvalue weighted by atomic mass is 32.1. The Morgan fingerprint density at radius 3 is 2.65 bits per heavy atom. The van der Waals surface area contributed by atoms with Crippen LogP contribution < -0.4 is 4.90 Å². The van der Waals surface area contributed by atoms with Crippen LogP contribution in [0, 0.1) is 0 Å². The van der Waals surface area contributed by atoms with Crippen molar-refractivity contribution in [1.29, 1.82) is 0 Å². The number of amides is 2. The average Bonchev–Trinajstić information content (AvgIpc) is 3.02. The van der Waals surface area contributed by atoms with Crippen molar-refractivity contribution in [3.8, 4) is 0 Å². The molecule has 0 radical (unpaired) electrons. The lowest BCUT2D eigenvalue weighted by atomic mass is 10.0. The van der Waals surface area contributed by atoms with Gasteiger partial charge in [0.1, 0.15) is 5.76 Å². The molecular formula is C15H11NO3S. The third kappa shape index (κ3) is 1.75. The Morgan fingerprint density at radius 2 is 2.00 bits per heavy atom. The molecule has 100 valence electrons. The van der Waals surface area contributed by atoms with Crippen molar-refractivity contribution in [2.45, 2.75) is 6.92 Å². The van der Waals surface area contributed by atoms with Gasteiger partial charge in [-0.1, -0.05) is 18.2 Å². The van der Waals surface area contributed by atoms with Gasteiger partial charge in [0.25, 0.3) is 5.91 Å². The number of fused-ring (bicyclic) bond motifs is 1. The van der Waals surface area contributed by atoms with Gasteiger partial charge >= 0.3 is 0 Å². The molecule has 0 atom stereocenters. The van der Waals surface area contributed by atoms with Crippen LogP contribution in [0.5, 0.6) is 0 Å². The highest BCUT2D eigenvalue weighted by molar-refractivity contribution is 7.08. The quantitative estimate of drug-likeness (QED) is 0.647. The first-order chi connectivity index (χ1) is 9.61. The van der Waals surface area contributed by atoms with Gasteiger partial charge in [-0.15, -0.1) is 0 Å². The predicted octanol–water partition coefficient (Wildman–Crippen LogP) is 3.07. The van der Waals surface area contributed by atoms with Crippen LogP contribution in [0.3, 0.4) is 0 Å². The third-order valence-electron chi connectivity index (χ3n) is 3.18. The van der Waals surface area contributed by atoms with Gasteiger partial charge in [-0.2, -0.15) is 11.3 Å². The number of imide groups is 1. The van der Waals surface area contributed by atoms with E-state index < -0.39 is 5.91 Å². The largest absolute Gasteiger partial charge is 0.506 e. The second-order valence-corrected chi connectivity index (χ2v) is 5.19. The van der Waals surface area contributed by atoms with Gasteiger partial charge in [0.15, 0.2) is 0 Å². The highest BCUT2D eigenvalue weighted by Gasteiger charge is 2.37. The minimum absolute atomic E-state index is 0.0903. The summed E-state index contributed by atoms with van der Waals surface area (Å²) in [6.45, 7) is 1.33. The number of benzene rings is 1. The first-order valence-corrected chi connectivity index (χ1v) is 6.95. The first kappa shape index (κ1) is 12.6. The normalized spacial score (nSPS) is 16.2. The number of para-hydroxylation sites is 1. The second kappa shape index (κ2) is 4.61. The van der Waals surface area contributed by atoms with E-state index in [2.05, 4.69) is 0 Å². The van der Waals surface area contributed by atoms with Gasteiger partial charge in [-0.05, 0) is 17.5 Å². The number of aliphatic hydroxyl groups excluding tert-OH is 1. The molecule has 1 aromatic carbocycles. The molecule has 5 heteroatoms. The average molecular weight is 285 g/mol.